The standard InChI is InChI=1S/C15H16O4/c16-12-9-15(6-2-1-3-7-15)19-13-5-4-10(14(17)18)8-11(12)13/h4-5,8H,1-3,6-7,9H2,(H,17,18). The first kappa shape index (κ1) is 12.2. The van der Waals surface area contributed by atoms with Gasteiger partial charge in [0.25, 0.3) is 0 Å². The van der Waals surface area contributed by atoms with Crippen LogP contribution in [0.2, 0.25) is 0 Å². The first-order chi connectivity index (χ1) is 9.10. The van der Waals surface area contributed by atoms with Gasteiger partial charge in [-0.15, -0.1) is 0 Å². The number of ether oxygens (including phenoxy) is 1. The van der Waals surface area contributed by atoms with Gasteiger partial charge >= 0.3 is 5.97 Å². The Morgan fingerprint density at radius 3 is 2.63 bits per heavy atom. The molecule has 1 aliphatic carbocycles. The van der Waals surface area contributed by atoms with Gasteiger partial charge < -0.3 is 9.84 Å². The Labute approximate surface area is 111 Å². The summed E-state index contributed by atoms with van der Waals surface area (Å²) in [6.07, 6.45) is 5.59. The van der Waals surface area contributed by atoms with E-state index in [-0.39, 0.29) is 16.9 Å². The maximum atomic E-state index is 12.3. The number of carboxylic acids is 1. The van der Waals surface area contributed by atoms with Crippen molar-refractivity contribution in [3.05, 3.63) is 29.3 Å². The molecular weight excluding hydrogens is 244 g/mol. The average Bonchev–Trinajstić information content (AvgIpc) is 2.39. The van der Waals surface area contributed by atoms with E-state index in [0.29, 0.717) is 17.7 Å². The van der Waals surface area contributed by atoms with Gasteiger partial charge in [-0.3, -0.25) is 4.79 Å². The van der Waals surface area contributed by atoms with Crippen LogP contribution in [-0.4, -0.2) is 22.5 Å². The highest BCUT2D eigenvalue weighted by molar-refractivity contribution is 6.02. The van der Waals surface area contributed by atoms with Gasteiger partial charge in [0.1, 0.15) is 11.4 Å². The number of carbonyl (C=O) groups is 2. The van der Waals surface area contributed by atoms with E-state index in [0.717, 1.165) is 25.7 Å². The Bertz CT molecular complexity index is 541. The second-order valence-corrected chi connectivity index (χ2v) is 5.46. The Balaban J connectivity index is 1.97. The molecule has 0 saturated heterocycles. The van der Waals surface area contributed by atoms with Crippen molar-refractivity contribution in [1.82, 2.24) is 0 Å². The number of fused-ring (bicyclic) bond motifs is 1. The fraction of sp³-hybridized carbons (Fsp3) is 0.467. The number of Topliss-reactive ketones (excluding diaryl/α,β-unsaturated/α-hetero) is 1. The van der Waals surface area contributed by atoms with E-state index in [1.165, 1.54) is 18.6 Å². The largest absolute Gasteiger partial charge is 0.486 e. The Morgan fingerprint density at radius 2 is 1.95 bits per heavy atom. The predicted molar refractivity (Wildman–Crippen MR) is 68.8 cm³/mol. The van der Waals surface area contributed by atoms with Crippen LogP contribution in [0.3, 0.4) is 0 Å². The first-order valence-corrected chi connectivity index (χ1v) is 6.69. The number of ketones is 1. The zero-order chi connectivity index (χ0) is 13.5. The molecule has 1 aromatic carbocycles. The fourth-order valence-corrected chi connectivity index (χ4v) is 3.10. The summed E-state index contributed by atoms with van der Waals surface area (Å²) in [4.78, 5) is 23.2. The zero-order valence-corrected chi connectivity index (χ0v) is 10.6. The minimum Gasteiger partial charge on any atom is -0.486 e. The van der Waals surface area contributed by atoms with Crippen LogP contribution >= 0.6 is 0 Å². The monoisotopic (exact) mass is 260 g/mol. The normalized spacial score (nSPS) is 20.7. The highest BCUT2D eigenvalue weighted by atomic mass is 16.5. The molecule has 3 rings (SSSR count). The molecule has 19 heavy (non-hydrogen) atoms. The molecule has 0 bridgehead atoms. The molecule has 1 N–H and O–H groups in total. The van der Waals surface area contributed by atoms with Crippen molar-refractivity contribution in [1.29, 1.82) is 0 Å². The Kier molecular flexibility index (Phi) is 2.81. The number of hydrogen-bond donors (Lipinski definition) is 1. The minimum atomic E-state index is -1.02. The molecule has 0 radical (unpaired) electrons. The molecule has 1 heterocycles. The van der Waals surface area contributed by atoms with Gasteiger partial charge in [0.05, 0.1) is 17.5 Å². The SMILES string of the molecule is O=C(O)c1ccc2c(c1)C(=O)CC1(CCCCC1)O2. The van der Waals surface area contributed by atoms with E-state index < -0.39 is 5.97 Å². The van der Waals surface area contributed by atoms with Crippen molar-refractivity contribution in [2.24, 2.45) is 0 Å². The van der Waals surface area contributed by atoms with Crippen molar-refractivity contribution < 1.29 is 19.4 Å². The van der Waals surface area contributed by atoms with Crippen LogP contribution in [0.15, 0.2) is 18.2 Å². The van der Waals surface area contributed by atoms with Crippen molar-refractivity contribution >= 4 is 11.8 Å². The summed E-state index contributed by atoms with van der Waals surface area (Å²) in [7, 11) is 0. The third-order valence-corrected chi connectivity index (χ3v) is 4.10. The third kappa shape index (κ3) is 2.11. The summed E-state index contributed by atoms with van der Waals surface area (Å²) in [6, 6.07) is 4.54. The highest BCUT2D eigenvalue weighted by Gasteiger charge is 2.41. The van der Waals surface area contributed by atoms with Crippen LogP contribution in [0.4, 0.5) is 0 Å². The summed E-state index contributed by atoms with van der Waals surface area (Å²) in [5, 5.41) is 8.96. The minimum absolute atomic E-state index is 0.00579. The van der Waals surface area contributed by atoms with Crippen LogP contribution in [0.5, 0.6) is 5.75 Å². The Hall–Kier alpha value is -1.84. The third-order valence-electron chi connectivity index (χ3n) is 4.10. The molecule has 4 heteroatoms. The van der Waals surface area contributed by atoms with E-state index in [2.05, 4.69) is 0 Å². The number of aromatic carboxylic acids is 1. The lowest BCUT2D eigenvalue weighted by molar-refractivity contribution is 0.0136. The van der Waals surface area contributed by atoms with Gasteiger partial charge in [0, 0.05) is 0 Å². The highest BCUT2D eigenvalue weighted by Crippen LogP contribution is 2.41. The van der Waals surface area contributed by atoms with Gasteiger partial charge in [-0.2, -0.15) is 0 Å². The molecule has 2 aliphatic rings. The lowest BCUT2D eigenvalue weighted by atomic mass is 9.78. The van der Waals surface area contributed by atoms with Gasteiger partial charge in [0.15, 0.2) is 5.78 Å². The predicted octanol–water partition coefficient (Wildman–Crippen LogP) is 3.05. The summed E-state index contributed by atoms with van der Waals surface area (Å²) >= 11 is 0. The van der Waals surface area contributed by atoms with Gasteiger partial charge in [-0.05, 0) is 43.9 Å². The number of benzene rings is 1. The van der Waals surface area contributed by atoms with Crippen molar-refractivity contribution in [3.63, 3.8) is 0 Å². The molecular formula is C15H16O4. The molecule has 0 unspecified atom stereocenters. The van der Waals surface area contributed by atoms with Crippen LogP contribution < -0.4 is 4.74 Å². The second-order valence-electron chi connectivity index (χ2n) is 5.46. The molecule has 1 saturated carbocycles. The van der Waals surface area contributed by atoms with E-state index >= 15 is 0 Å². The van der Waals surface area contributed by atoms with Gasteiger partial charge in [0.2, 0.25) is 0 Å². The number of carboxylic acid groups (broad SMARTS) is 1. The average molecular weight is 260 g/mol. The molecule has 1 aliphatic heterocycles. The molecule has 0 amide bonds. The van der Waals surface area contributed by atoms with Crippen molar-refractivity contribution in [2.75, 3.05) is 0 Å². The molecule has 1 aromatic rings. The van der Waals surface area contributed by atoms with Crippen LogP contribution in [0, 0.1) is 0 Å². The lowest BCUT2D eigenvalue weighted by Gasteiger charge is -2.40. The van der Waals surface area contributed by atoms with Crippen LogP contribution in [0.1, 0.15) is 59.2 Å². The molecule has 100 valence electrons. The number of carbonyl (C=O) groups excluding carboxylic acids is 1. The first-order valence-electron chi connectivity index (χ1n) is 6.69. The fourth-order valence-electron chi connectivity index (χ4n) is 3.10. The summed E-state index contributed by atoms with van der Waals surface area (Å²) in [6.45, 7) is 0. The van der Waals surface area contributed by atoms with Gasteiger partial charge in [-0.25, -0.2) is 4.79 Å². The maximum absolute atomic E-state index is 12.3. The van der Waals surface area contributed by atoms with Crippen molar-refractivity contribution in [3.8, 4) is 5.75 Å². The Morgan fingerprint density at radius 1 is 1.21 bits per heavy atom. The number of rotatable bonds is 1. The molecule has 0 atom stereocenters. The van der Waals surface area contributed by atoms with Crippen LogP contribution in [-0.2, 0) is 0 Å². The van der Waals surface area contributed by atoms with E-state index in [1.807, 2.05) is 0 Å². The van der Waals surface area contributed by atoms with Crippen LogP contribution in [0.25, 0.3) is 0 Å². The molecule has 1 fully saturated rings. The maximum Gasteiger partial charge on any atom is 0.335 e. The quantitative estimate of drug-likeness (QED) is 0.842. The summed E-state index contributed by atoms with van der Waals surface area (Å²) in [5.41, 5.74) is 0.207. The second kappa shape index (κ2) is 4.37. The van der Waals surface area contributed by atoms with E-state index in [9.17, 15) is 9.59 Å². The van der Waals surface area contributed by atoms with Gasteiger partial charge in [-0.1, -0.05) is 6.42 Å². The summed E-state index contributed by atoms with van der Waals surface area (Å²) in [5.74, 6) is -0.469. The van der Waals surface area contributed by atoms with E-state index in [4.69, 9.17) is 9.84 Å². The smallest absolute Gasteiger partial charge is 0.335 e. The zero-order valence-electron chi connectivity index (χ0n) is 10.6. The molecule has 0 aromatic heterocycles. The topological polar surface area (TPSA) is 63.6 Å². The lowest BCUT2D eigenvalue weighted by Crippen LogP contribution is -2.43. The molecule has 1 spiro atoms. The van der Waals surface area contributed by atoms with E-state index in [1.54, 1.807) is 6.07 Å². The summed E-state index contributed by atoms with van der Waals surface area (Å²) < 4.78 is 6.05. The number of hydrogen-bond acceptors (Lipinski definition) is 3. The molecule has 4 nitrogen and oxygen atoms in total. The van der Waals surface area contributed by atoms with Crippen molar-refractivity contribution in [2.45, 2.75) is 44.1 Å².